The predicted octanol–water partition coefficient (Wildman–Crippen LogP) is 4.40. The summed E-state index contributed by atoms with van der Waals surface area (Å²) in [4.78, 5) is 4.44. The molecular formula is C20H18N2O2. The highest BCUT2D eigenvalue weighted by atomic mass is 16.5. The van der Waals surface area contributed by atoms with Crippen LogP contribution in [0.4, 0.5) is 0 Å². The van der Waals surface area contributed by atoms with Crippen LogP contribution in [0.3, 0.4) is 0 Å². The minimum Gasteiger partial charge on any atom is -0.460 e. The predicted molar refractivity (Wildman–Crippen MR) is 94.8 cm³/mol. The van der Waals surface area contributed by atoms with Crippen LogP contribution in [0.1, 0.15) is 11.1 Å². The van der Waals surface area contributed by atoms with Crippen molar-refractivity contribution in [1.82, 2.24) is 5.32 Å². The van der Waals surface area contributed by atoms with Gasteiger partial charge < -0.3 is 14.5 Å². The van der Waals surface area contributed by atoms with E-state index in [0.29, 0.717) is 5.75 Å². The van der Waals surface area contributed by atoms with E-state index in [1.54, 1.807) is 6.26 Å². The minimum absolute atomic E-state index is 0.711. The molecule has 0 bridgehead atoms. The summed E-state index contributed by atoms with van der Waals surface area (Å²) in [5, 5.41) is 3.28. The lowest BCUT2D eigenvalue weighted by molar-refractivity contribution is 0.472. The molecule has 1 aliphatic heterocycles. The van der Waals surface area contributed by atoms with E-state index >= 15 is 0 Å². The van der Waals surface area contributed by atoms with Gasteiger partial charge in [0.25, 0.3) is 0 Å². The lowest BCUT2D eigenvalue weighted by Crippen LogP contribution is -2.19. The van der Waals surface area contributed by atoms with Gasteiger partial charge in [0, 0.05) is 23.7 Å². The van der Waals surface area contributed by atoms with E-state index in [4.69, 9.17) is 9.15 Å². The fraction of sp³-hybridized carbons (Fsp3) is 0.150. The second kappa shape index (κ2) is 6.24. The Morgan fingerprint density at radius 2 is 1.71 bits per heavy atom. The number of nitrogens with one attached hydrogen (secondary N) is 1. The number of aliphatic imine (C=N–C) groups is 1. The number of rotatable bonds is 4. The molecule has 1 aliphatic rings. The summed E-state index contributed by atoms with van der Waals surface area (Å²) in [6.07, 6.45) is 1.65. The Kier molecular flexibility index (Phi) is 3.79. The molecule has 1 N–H and O–H groups in total. The molecular weight excluding hydrogens is 300 g/mol. The van der Waals surface area contributed by atoms with E-state index in [2.05, 4.69) is 17.2 Å². The Morgan fingerprint density at radius 3 is 2.42 bits per heavy atom. The monoisotopic (exact) mass is 318 g/mol. The topological polar surface area (TPSA) is 46.8 Å². The number of furan rings is 1. The van der Waals surface area contributed by atoms with Crippen molar-refractivity contribution in [2.45, 2.75) is 6.92 Å². The number of ether oxygens (including phenoxy) is 1. The van der Waals surface area contributed by atoms with Gasteiger partial charge in [0.2, 0.25) is 0 Å². The van der Waals surface area contributed by atoms with Crippen molar-refractivity contribution >= 4 is 5.84 Å². The molecule has 4 heteroatoms. The lowest BCUT2D eigenvalue weighted by Gasteiger charge is -2.07. The number of nitrogens with zero attached hydrogens (tertiary/aromatic N) is 1. The summed E-state index contributed by atoms with van der Waals surface area (Å²) in [6, 6.07) is 18.0. The Balaban J connectivity index is 1.58. The summed E-state index contributed by atoms with van der Waals surface area (Å²) >= 11 is 0. The van der Waals surface area contributed by atoms with Crippen LogP contribution in [-0.2, 0) is 0 Å². The van der Waals surface area contributed by atoms with Gasteiger partial charge in [-0.1, -0.05) is 42.0 Å². The molecule has 4 nitrogen and oxygen atoms in total. The highest BCUT2D eigenvalue weighted by Crippen LogP contribution is 2.34. The Hall–Kier alpha value is -3.01. The van der Waals surface area contributed by atoms with Gasteiger partial charge in [-0.3, -0.25) is 4.99 Å². The lowest BCUT2D eigenvalue weighted by atomic mass is 10.1. The molecule has 0 amide bonds. The fourth-order valence-electron chi connectivity index (χ4n) is 2.69. The highest BCUT2D eigenvalue weighted by molar-refractivity contribution is 6.00. The second-order valence-electron chi connectivity index (χ2n) is 5.76. The first kappa shape index (κ1) is 14.6. The molecule has 0 saturated heterocycles. The third-order valence-electron chi connectivity index (χ3n) is 3.97. The zero-order chi connectivity index (χ0) is 16.4. The molecule has 0 unspecified atom stereocenters. The van der Waals surface area contributed by atoms with E-state index in [1.807, 2.05) is 54.6 Å². The molecule has 2 aromatic carbocycles. The third-order valence-corrected chi connectivity index (χ3v) is 3.97. The van der Waals surface area contributed by atoms with Crippen molar-refractivity contribution in [3.05, 3.63) is 72.0 Å². The normalized spacial score (nSPS) is 13.5. The first-order chi connectivity index (χ1) is 11.8. The highest BCUT2D eigenvalue weighted by Gasteiger charge is 2.13. The molecule has 24 heavy (non-hydrogen) atoms. The number of benzene rings is 2. The van der Waals surface area contributed by atoms with E-state index in [0.717, 1.165) is 41.6 Å². The van der Waals surface area contributed by atoms with Crippen LogP contribution in [0.5, 0.6) is 11.5 Å². The summed E-state index contributed by atoms with van der Waals surface area (Å²) in [5.41, 5.74) is 3.27. The maximum absolute atomic E-state index is 5.96. The molecule has 120 valence electrons. The molecule has 2 heterocycles. The average molecular weight is 318 g/mol. The number of aryl methyl sites for hydroxylation is 1. The molecule has 0 fully saturated rings. The zero-order valence-electron chi connectivity index (χ0n) is 13.5. The molecule has 0 saturated carbocycles. The number of hydrogen-bond acceptors (Lipinski definition) is 4. The maximum atomic E-state index is 5.96. The van der Waals surface area contributed by atoms with Gasteiger partial charge in [-0.05, 0) is 19.1 Å². The van der Waals surface area contributed by atoms with Crippen molar-refractivity contribution in [3.8, 4) is 22.8 Å². The van der Waals surface area contributed by atoms with Gasteiger partial charge in [-0.15, -0.1) is 0 Å². The molecule has 1 aromatic heterocycles. The van der Waals surface area contributed by atoms with Gasteiger partial charge in [0.15, 0.2) is 11.5 Å². The van der Waals surface area contributed by atoms with Crippen LogP contribution in [-0.4, -0.2) is 18.9 Å². The smallest absolute Gasteiger partial charge is 0.176 e. The third kappa shape index (κ3) is 2.91. The molecule has 0 atom stereocenters. The second-order valence-corrected chi connectivity index (χ2v) is 5.76. The summed E-state index contributed by atoms with van der Waals surface area (Å²) in [5.74, 6) is 3.19. The minimum atomic E-state index is 0.711. The Bertz CT molecular complexity index is 861. The van der Waals surface area contributed by atoms with E-state index in [9.17, 15) is 0 Å². The standard InChI is InChI=1S/C20H18N2O2/c1-14-2-8-17(9-3-14)24-18-10-13-23-19(18)15-4-6-16(7-5-15)20-21-11-12-22-20/h2-10,13H,11-12H2,1H3,(H,21,22). The molecule has 3 aromatic rings. The van der Waals surface area contributed by atoms with Crippen LogP contribution in [0.2, 0.25) is 0 Å². The Morgan fingerprint density at radius 1 is 0.958 bits per heavy atom. The maximum Gasteiger partial charge on any atom is 0.176 e. The molecule has 0 spiro atoms. The Labute approximate surface area is 140 Å². The fourth-order valence-corrected chi connectivity index (χ4v) is 2.69. The molecule has 4 rings (SSSR count). The zero-order valence-corrected chi connectivity index (χ0v) is 13.5. The molecule has 0 radical (unpaired) electrons. The van der Waals surface area contributed by atoms with Gasteiger partial charge >= 0.3 is 0 Å². The van der Waals surface area contributed by atoms with E-state index < -0.39 is 0 Å². The van der Waals surface area contributed by atoms with Gasteiger partial charge in [-0.2, -0.15) is 0 Å². The van der Waals surface area contributed by atoms with Crippen LogP contribution in [0.15, 0.2) is 70.3 Å². The van der Waals surface area contributed by atoms with Crippen LogP contribution >= 0.6 is 0 Å². The largest absolute Gasteiger partial charge is 0.460 e. The summed E-state index contributed by atoms with van der Waals surface area (Å²) in [7, 11) is 0. The first-order valence-corrected chi connectivity index (χ1v) is 8.01. The van der Waals surface area contributed by atoms with Crippen molar-refractivity contribution in [3.63, 3.8) is 0 Å². The quantitative estimate of drug-likeness (QED) is 0.775. The van der Waals surface area contributed by atoms with E-state index in [1.165, 1.54) is 5.56 Å². The summed E-state index contributed by atoms with van der Waals surface area (Å²) < 4.78 is 11.6. The van der Waals surface area contributed by atoms with Gasteiger partial charge in [0.1, 0.15) is 11.6 Å². The van der Waals surface area contributed by atoms with Crippen molar-refractivity contribution in [1.29, 1.82) is 0 Å². The summed E-state index contributed by atoms with van der Waals surface area (Å²) in [6.45, 7) is 3.80. The average Bonchev–Trinajstić information content (AvgIpc) is 3.29. The number of hydrogen-bond donors (Lipinski definition) is 1. The van der Waals surface area contributed by atoms with E-state index in [-0.39, 0.29) is 0 Å². The van der Waals surface area contributed by atoms with Gasteiger partial charge in [0.05, 0.1) is 12.8 Å². The first-order valence-electron chi connectivity index (χ1n) is 8.01. The van der Waals surface area contributed by atoms with Crippen molar-refractivity contribution in [2.75, 3.05) is 13.1 Å². The van der Waals surface area contributed by atoms with Gasteiger partial charge in [-0.25, -0.2) is 0 Å². The van der Waals surface area contributed by atoms with Crippen molar-refractivity contribution < 1.29 is 9.15 Å². The number of amidine groups is 1. The van der Waals surface area contributed by atoms with Crippen LogP contribution in [0.25, 0.3) is 11.3 Å². The molecule has 0 aliphatic carbocycles. The SMILES string of the molecule is Cc1ccc(Oc2ccoc2-c2ccc(C3=NCCN3)cc2)cc1. The van der Waals surface area contributed by atoms with Crippen LogP contribution < -0.4 is 10.1 Å². The van der Waals surface area contributed by atoms with Crippen LogP contribution in [0, 0.1) is 6.92 Å². The van der Waals surface area contributed by atoms with Crippen molar-refractivity contribution in [2.24, 2.45) is 4.99 Å².